The number of unbranched alkanes of at least 4 members (excludes halogenated alkanes) is 1. The number of hydrogen-bond donors (Lipinski definition) is 10. The van der Waals surface area contributed by atoms with Crippen molar-refractivity contribution in [1.29, 1.82) is 0 Å². The predicted molar refractivity (Wildman–Crippen MR) is 225 cm³/mol. The summed E-state index contributed by atoms with van der Waals surface area (Å²) in [4.78, 5) is 99.5. The van der Waals surface area contributed by atoms with Crippen LogP contribution < -0.4 is 43.8 Å². The Morgan fingerprint density at radius 3 is 2.36 bits per heavy atom. The number of carboxylic acids is 1. The number of benzene rings is 2. The average molecular weight is 851 g/mol. The number of aliphatic carboxylic acids is 1. The minimum absolute atomic E-state index is 0.0191. The molecule has 22 nitrogen and oxygen atoms in total. The van der Waals surface area contributed by atoms with Crippen molar-refractivity contribution in [3.05, 3.63) is 52.6 Å². The first-order chi connectivity index (χ1) is 29.1. The van der Waals surface area contributed by atoms with E-state index in [1.54, 1.807) is 36.4 Å². The highest BCUT2D eigenvalue weighted by Gasteiger charge is 2.39. The number of anilines is 1. The highest BCUT2D eigenvalue weighted by molar-refractivity contribution is 6.11. The summed E-state index contributed by atoms with van der Waals surface area (Å²) in [5.74, 6) is -4.68. The number of aromatic nitrogens is 1. The molecular weight excluding hydrogens is 797 g/mol. The van der Waals surface area contributed by atoms with Gasteiger partial charge < -0.3 is 58.9 Å². The normalized spacial score (nSPS) is 15.5. The van der Waals surface area contributed by atoms with Crippen LogP contribution in [-0.2, 0) is 28.8 Å². The number of amides is 5. The third-order valence-electron chi connectivity index (χ3n) is 10.1. The number of carbonyl (C=O) groups is 6. The minimum Gasteiger partial charge on any atom is -0.480 e. The fourth-order valence-corrected chi connectivity index (χ4v) is 7.04. The second kappa shape index (κ2) is 22.6. The molecule has 0 bridgehead atoms. The van der Waals surface area contributed by atoms with Gasteiger partial charge in [-0.2, -0.15) is 0 Å². The first-order valence-electron chi connectivity index (χ1n) is 20.0. The molecule has 0 unspecified atom stereocenters. The molecule has 0 radical (unpaired) electrons. The van der Waals surface area contributed by atoms with E-state index in [1.807, 2.05) is 0 Å². The van der Waals surface area contributed by atoms with E-state index in [0.29, 0.717) is 41.4 Å². The lowest BCUT2D eigenvalue weighted by atomic mass is 10.1. The number of hydrogen-bond acceptors (Lipinski definition) is 13. The molecule has 1 saturated heterocycles. The maximum atomic E-state index is 14.2. The number of aliphatic hydroxyl groups excluding tert-OH is 1. The number of nitrogens with one attached hydrogen (secondary N) is 5. The lowest BCUT2D eigenvalue weighted by molar-refractivity contribution is -0.383. The van der Waals surface area contributed by atoms with Crippen molar-refractivity contribution >= 4 is 74.6 Å². The topological polar surface area (TPSA) is 353 Å². The third-order valence-corrected chi connectivity index (χ3v) is 10.1. The Labute approximate surface area is 350 Å². The molecule has 2 heterocycles. The molecule has 2 aromatic carbocycles. The van der Waals surface area contributed by atoms with Crippen LogP contribution in [0.15, 0.2) is 47.5 Å². The fourth-order valence-electron chi connectivity index (χ4n) is 7.04. The number of nitrogens with zero attached hydrogens (tertiary/aromatic N) is 4. The standard InChI is InChI=1S/C39H54N12O10/c1-22(52)33(38(58)59)49-35(55)26(11-4-5-17-43-31(54)21-40)48-36(56)29-15-8-20-50(29)37(57)27(13-7-18-45-39(41)42)47-30(53)16-19-44-34-23-9-2-3-10-24(23)46-25-12-6-14-28(32(25)34)51(60)61/h2-3,6,9-10,12,14,22,26-27,29,33,52H,4-5,7-8,11,13,15-21,40H2,1H3,(H,43,54)(H,44,46)(H,47,53)(H,48,56)(H,49,55)(H,58,59)(H4,41,42,45)/t22-,26+,27+,29+,33+/m1/s1. The molecule has 4 rings (SSSR count). The molecule has 5 atom stereocenters. The Bertz CT molecular complexity index is 2110. The smallest absolute Gasteiger partial charge is 0.328 e. The summed E-state index contributed by atoms with van der Waals surface area (Å²) in [7, 11) is 0. The SMILES string of the molecule is C[C@@H](O)[C@H](NC(=O)[C@H](CCCCNC(=O)CN)NC(=O)[C@@H]1CCCN1C(=O)[C@H](CCCN=C(N)N)NC(=O)CCNc1c2ccccc2nc2cccc([N+](=O)[O-])c12)C(=O)O. The molecule has 1 fully saturated rings. The van der Waals surface area contributed by atoms with Crippen LogP contribution in [0.2, 0.25) is 0 Å². The van der Waals surface area contributed by atoms with Crippen LogP contribution in [-0.4, -0.2) is 129 Å². The van der Waals surface area contributed by atoms with Gasteiger partial charge in [0.2, 0.25) is 29.5 Å². The predicted octanol–water partition coefficient (Wildman–Crippen LogP) is -0.692. The van der Waals surface area contributed by atoms with E-state index in [9.17, 15) is 49.1 Å². The summed E-state index contributed by atoms with van der Waals surface area (Å²) in [6.07, 6.45) is 0.126. The van der Waals surface area contributed by atoms with Gasteiger partial charge >= 0.3 is 5.97 Å². The Kier molecular flexibility index (Phi) is 17.4. The number of aliphatic hydroxyl groups is 1. The molecule has 330 valence electrons. The maximum absolute atomic E-state index is 14.2. The van der Waals surface area contributed by atoms with Crippen LogP contribution in [0.5, 0.6) is 0 Å². The van der Waals surface area contributed by atoms with Gasteiger partial charge in [-0.3, -0.25) is 39.1 Å². The molecule has 1 aromatic heterocycles. The number of carboxylic acid groups (broad SMARTS) is 1. The van der Waals surface area contributed by atoms with Gasteiger partial charge in [0.25, 0.3) is 5.69 Å². The Morgan fingerprint density at radius 1 is 0.951 bits per heavy atom. The van der Waals surface area contributed by atoms with Gasteiger partial charge in [-0.15, -0.1) is 0 Å². The van der Waals surface area contributed by atoms with E-state index >= 15 is 0 Å². The highest BCUT2D eigenvalue weighted by Crippen LogP contribution is 2.36. The Morgan fingerprint density at radius 2 is 1.67 bits per heavy atom. The van der Waals surface area contributed by atoms with E-state index in [2.05, 4.69) is 36.6 Å². The van der Waals surface area contributed by atoms with Crippen molar-refractivity contribution in [3.8, 4) is 0 Å². The van der Waals surface area contributed by atoms with Crippen LogP contribution >= 0.6 is 0 Å². The Balaban J connectivity index is 1.49. The summed E-state index contributed by atoms with van der Waals surface area (Å²) in [6.45, 7) is 1.54. The van der Waals surface area contributed by atoms with Crippen molar-refractivity contribution in [1.82, 2.24) is 31.2 Å². The van der Waals surface area contributed by atoms with Crippen LogP contribution in [0, 0.1) is 10.1 Å². The van der Waals surface area contributed by atoms with E-state index < -0.39 is 64.8 Å². The monoisotopic (exact) mass is 850 g/mol. The average Bonchev–Trinajstić information content (AvgIpc) is 3.72. The van der Waals surface area contributed by atoms with E-state index in [4.69, 9.17) is 17.2 Å². The zero-order valence-corrected chi connectivity index (χ0v) is 33.8. The third kappa shape index (κ3) is 13.2. The van der Waals surface area contributed by atoms with Gasteiger partial charge in [0.1, 0.15) is 23.5 Å². The van der Waals surface area contributed by atoms with Gasteiger partial charge in [0.15, 0.2) is 12.0 Å². The maximum Gasteiger partial charge on any atom is 0.328 e. The molecular formula is C39H54N12O10. The zero-order chi connectivity index (χ0) is 44.6. The lowest BCUT2D eigenvalue weighted by Crippen LogP contribution is -2.58. The van der Waals surface area contributed by atoms with Gasteiger partial charge in [-0.25, -0.2) is 9.78 Å². The summed E-state index contributed by atoms with van der Waals surface area (Å²) >= 11 is 0. The summed E-state index contributed by atoms with van der Waals surface area (Å²) in [5.41, 5.74) is 17.5. The molecule has 5 amide bonds. The molecule has 1 aliphatic rings. The van der Waals surface area contributed by atoms with Crippen LogP contribution in [0.3, 0.4) is 0 Å². The molecule has 3 aromatic rings. The molecule has 0 aliphatic carbocycles. The van der Waals surface area contributed by atoms with Crippen molar-refractivity contribution in [2.45, 2.75) is 88.6 Å². The number of para-hydroxylation sites is 1. The minimum atomic E-state index is -1.67. The second-order valence-corrected chi connectivity index (χ2v) is 14.5. The van der Waals surface area contributed by atoms with Crippen LogP contribution in [0.25, 0.3) is 21.8 Å². The molecule has 0 spiro atoms. The number of guanidine groups is 1. The number of rotatable bonds is 23. The van der Waals surface area contributed by atoms with Crippen LogP contribution in [0.4, 0.5) is 11.4 Å². The largest absolute Gasteiger partial charge is 0.480 e. The van der Waals surface area contributed by atoms with Gasteiger partial charge in [0.05, 0.1) is 34.3 Å². The number of fused-ring (bicyclic) bond motifs is 2. The first-order valence-corrected chi connectivity index (χ1v) is 20.0. The fraction of sp³-hybridized carbons (Fsp3) is 0.487. The van der Waals surface area contributed by atoms with Crippen molar-refractivity contribution in [3.63, 3.8) is 0 Å². The van der Waals surface area contributed by atoms with Crippen molar-refractivity contribution < 1.29 is 43.9 Å². The molecule has 22 heteroatoms. The summed E-state index contributed by atoms with van der Waals surface area (Å²) in [5, 5.41) is 45.8. The number of nitrogens with two attached hydrogens (primary N) is 3. The summed E-state index contributed by atoms with van der Waals surface area (Å²) < 4.78 is 0. The summed E-state index contributed by atoms with van der Waals surface area (Å²) in [6, 6.07) is 6.55. The first kappa shape index (κ1) is 47.0. The van der Waals surface area contributed by atoms with Crippen molar-refractivity contribution in [2.75, 3.05) is 38.0 Å². The molecule has 0 saturated carbocycles. The number of pyridine rings is 1. The lowest BCUT2D eigenvalue weighted by Gasteiger charge is -2.30. The zero-order valence-electron chi connectivity index (χ0n) is 33.8. The molecule has 13 N–H and O–H groups in total. The quantitative estimate of drug-likeness (QED) is 0.0141. The second-order valence-electron chi connectivity index (χ2n) is 14.5. The molecule has 61 heavy (non-hydrogen) atoms. The van der Waals surface area contributed by atoms with E-state index in [0.717, 1.165) is 0 Å². The number of nitro groups is 1. The highest BCUT2D eigenvalue weighted by atomic mass is 16.6. The van der Waals surface area contributed by atoms with Crippen molar-refractivity contribution in [2.24, 2.45) is 22.2 Å². The molecule has 1 aliphatic heterocycles. The number of likely N-dealkylation sites (tertiary alicyclic amines) is 1. The number of carbonyl (C=O) groups excluding carboxylic acids is 5. The number of non-ortho nitro benzene ring substituents is 1. The van der Waals surface area contributed by atoms with E-state index in [1.165, 1.54) is 17.9 Å². The van der Waals surface area contributed by atoms with Gasteiger partial charge in [0, 0.05) is 44.1 Å². The number of aliphatic imine (C=N–C) groups is 1. The Hall–Kier alpha value is -6.68. The van der Waals surface area contributed by atoms with Gasteiger partial charge in [-0.1, -0.05) is 24.3 Å². The van der Waals surface area contributed by atoms with Crippen LogP contribution in [0.1, 0.15) is 58.3 Å². The van der Waals surface area contributed by atoms with Gasteiger partial charge in [-0.05, 0) is 64.0 Å². The number of nitro benzene ring substituents is 1. The van der Waals surface area contributed by atoms with E-state index in [-0.39, 0.29) is 87.8 Å².